The fraction of sp³-hybridized carbons (Fsp3) is 1.00. The van der Waals surface area contributed by atoms with E-state index in [9.17, 15) is 0 Å². The smallest absolute Gasteiger partial charge is 0.0867 e. The molecule has 0 aromatic rings. The van der Waals surface area contributed by atoms with Crippen LogP contribution in [0.25, 0.3) is 0 Å². The molecule has 0 amide bonds. The third-order valence-corrected chi connectivity index (χ3v) is 2.09. The fourth-order valence-electron chi connectivity index (χ4n) is 1.48. The van der Waals surface area contributed by atoms with Gasteiger partial charge in [0.25, 0.3) is 0 Å². The third kappa shape index (κ3) is 0.418. The van der Waals surface area contributed by atoms with E-state index < -0.39 is 0 Å². The van der Waals surface area contributed by atoms with Crippen LogP contribution in [0.2, 0.25) is 0 Å². The molecule has 0 spiro atoms. The zero-order valence-corrected chi connectivity index (χ0v) is 4.55. The van der Waals surface area contributed by atoms with Crippen LogP contribution in [0.5, 0.6) is 0 Å². The first-order valence-electron chi connectivity index (χ1n) is 3.03. The van der Waals surface area contributed by atoms with Crippen molar-refractivity contribution in [3.63, 3.8) is 0 Å². The maximum atomic E-state index is 5.27. The molecular formula is C6H10O. The van der Waals surface area contributed by atoms with Gasteiger partial charge in [-0.05, 0) is 18.8 Å². The maximum Gasteiger partial charge on any atom is 0.0867 e. The van der Waals surface area contributed by atoms with E-state index in [2.05, 4.69) is 6.92 Å². The van der Waals surface area contributed by atoms with E-state index >= 15 is 0 Å². The van der Waals surface area contributed by atoms with Crippen LogP contribution in [0, 0.1) is 5.92 Å². The van der Waals surface area contributed by atoms with Gasteiger partial charge in [-0.3, -0.25) is 0 Å². The van der Waals surface area contributed by atoms with Gasteiger partial charge in [0.05, 0.1) is 12.2 Å². The molecule has 0 bridgehead atoms. The van der Waals surface area contributed by atoms with Gasteiger partial charge in [0.1, 0.15) is 0 Å². The van der Waals surface area contributed by atoms with Crippen LogP contribution in [0.15, 0.2) is 0 Å². The van der Waals surface area contributed by atoms with E-state index in [0.29, 0.717) is 12.2 Å². The quantitative estimate of drug-likeness (QED) is 0.414. The molecule has 1 heteroatoms. The van der Waals surface area contributed by atoms with Crippen LogP contribution in [0.4, 0.5) is 0 Å². The van der Waals surface area contributed by atoms with Crippen molar-refractivity contribution in [2.75, 3.05) is 0 Å². The minimum atomic E-state index is 0.681. The monoisotopic (exact) mass is 98.1 g/mol. The minimum Gasteiger partial charge on any atom is -0.369 e. The molecule has 1 aliphatic heterocycles. The summed E-state index contributed by atoms with van der Waals surface area (Å²) in [5, 5.41) is 0. The van der Waals surface area contributed by atoms with Gasteiger partial charge in [-0.1, -0.05) is 6.92 Å². The predicted molar refractivity (Wildman–Crippen MR) is 27.1 cm³/mol. The average molecular weight is 98.1 g/mol. The lowest BCUT2D eigenvalue weighted by atomic mass is 10.1. The van der Waals surface area contributed by atoms with Gasteiger partial charge in [-0.25, -0.2) is 0 Å². The summed E-state index contributed by atoms with van der Waals surface area (Å²) in [5.74, 6) is 0.866. The summed E-state index contributed by atoms with van der Waals surface area (Å²) in [6.07, 6.45) is 4.09. The normalized spacial score (nSPS) is 57.0. The molecule has 1 saturated heterocycles. The summed E-state index contributed by atoms with van der Waals surface area (Å²) >= 11 is 0. The van der Waals surface area contributed by atoms with Crippen molar-refractivity contribution < 1.29 is 4.74 Å². The van der Waals surface area contributed by atoms with Crippen molar-refractivity contribution in [3.05, 3.63) is 0 Å². The van der Waals surface area contributed by atoms with Crippen LogP contribution in [0.3, 0.4) is 0 Å². The highest BCUT2D eigenvalue weighted by molar-refractivity contribution is 4.95. The van der Waals surface area contributed by atoms with Gasteiger partial charge >= 0.3 is 0 Å². The molecule has 1 saturated carbocycles. The van der Waals surface area contributed by atoms with Gasteiger partial charge < -0.3 is 4.74 Å². The minimum absolute atomic E-state index is 0.681. The highest BCUT2D eigenvalue weighted by Crippen LogP contribution is 2.42. The second kappa shape index (κ2) is 1.03. The molecular weight excluding hydrogens is 88.1 g/mol. The Hall–Kier alpha value is -0.0400. The van der Waals surface area contributed by atoms with Gasteiger partial charge in [0, 0.05) is 0 Å². The Bertz CT molecular complexity index is 90.2. The van der Waals surface area contributed by atoms with Crippen molar-refractivity contribution in [2.24, 2.45) is 5.92 Å². The van der Waals surface area contributed by atoms with Crippen molar-refractivity contribution in [1.82, 2.24) is 0 Å². The van der Waals surface area contributed by atoms with Crippen molar-refractivity contribution in [1.29, 1.82) is 0 Å². The van der Waals surface area contributed by atoms with Gasteiger partial charge in [0.15, 0.2) is 0 Å². The molecule has 0 N–H and O–H groups in total. The number of epoxide rings is 1. The lowest BCUT2D eigenvalue weighted by Gasteiger charge is -1.97. The number of ether oxygens (including phenoxy) is 1. The largest absolute Gasteiger partial charge is 0.369 e. The summed E-state index contributed by atoms with van der Waals surface area (Å²) < 4.78 is 5.27. The fourth-order valence-corrected chi connectivity index (χ4v) is 1.48. The SMILES string of the molecule is C[C@H]1CC[C@H]2OC12. The molecule has 0 radical (unpaired) electrons. The van der Waals surface area contributed by atoms with E-state index in [1.54, 1.807) is 0 Å². The van der Waals surface area contributed by atoms with Gasteiger partial charge in [-0.15, -0.1) is 0 Å². The Balaban J connectivity index is 2.08. The first kappa shape index (κ1) is 3.90. The van der Waals surface area contributed by atoms with E-state index in [0.717, 1.165) is 5.92 Å². The molecule has 1 unspecified atom stereocenters. The summed E-state index contributed by atoms with van der Waals surface area (Å²) in [6, 6.07) is 0. The number of hydrogen-bond acceptors (Lipinski definition) is 1. The molecule has 0 aromatic carbocycles. The van der Waals surface area contributed by atoms with Gasteiger partial charge in [0.2, 0.25) is 0 Å². The molecule has 0 aromatic heterocycles. The number of rotatable bonds is 0. The van der Waals surface area contributed by atoms with Crippen LogP contribution < -0.4 is 0 Å². The third-order valence-electron chi connectivity index (χ3n) is 2.09. The zero-order chi connectivity index (χ0) is 4.85. The van der Waals surface area contributed by atoms with Crippen molar-refractivity contribution >= 4 is 0 Å². The lowest BCUT2D eigenvalue weighted by molar-refractivity contribution is 0.276. The average Bonchev–Trinajstić information content (AvgIpc) is 2.33. The number of hydrogen-bond donors (Lipinski definition) is 0. The molecule has 1 aliphatic carbocycles. The summed E-state index contributed by atoms with van der Waals surface area (Å²) in [7, 11) is 0. The molecule has 40 valence electrons. The molecule has 2 rings (SSSR count). The summed E-state index contributed by atoms with van der Waals surface area (Å²) in [4.78, 5) is 0. The van der Waals surface area contributed by atoms with Crippen LogP contribution in [-0.4, -0.2) is 12.2 Å². The van der Waals surface area contributed by atoms with E-state index in [4.69, 9.17) is 4.74 Å². The van der Waals surface area contributed by atoms with E-state index in [-0.39, 0.29) is 0 Å². The molecule has 1 heterocycles. The second-order valence-corrected chi connectivity index (χ2v) is 2.69. The Morgan fingerprint density at radius 2 is 2.29 bits per heavy atom. The molecule has 1 nitrogen and oxygen atoms in total. The molecule has 7 heavy (non-hydrogen) atoms. The second-order valence-electron chi connectivity index (χ2n) is 2.69. The van der Waals surface area contributed by atoms with E-state index in [1.165, 1.54) is 12.8 Å². The van der Waals surface area contributed by atoms with Crippen LogP contribution in [-0.2, 0) is 4.74 Å². The zero-order valence-electron chi connectivity index (χ0n) is 4.55. The predicted octanol–water partition coefficient (Wildman–Crippen LogP) is 1.18. The van der Waals surface area contributed by atoms with Crippen molar-refractivity contribution in [2.45, 2.75) is 32.0 Å². The van der Waals surface area contributed by atoms with E-state index in [1.807, 2.05) is 0 Å². The maximum absolute atomic E-state index is 5.27. The molecule has 2 fully saturated rings. The summed E-state index contributed by atoms with van der Waals surface area (Å²) in [6.45, 7) is 2.28. The Labute approximate surface area is 43.7 Å². The first-order chi connectivity index (χ1) is 3.38. The topological polar surface area (TPSA) is 12.5 Å². The summed E-state index contributed by atoms with van der Waals surface area (Å²) in [5.41, 5.74) is 0. The standard InChI is InChI=1S/C6H10O/c1-4-2-3-5-6(4)7-5/h4-6H,2-3H2,1H3/t4-,5+,6?/m0/s1. The Morgan fingerprint density at radius 1 is 1.43 bits per heavy atom. The van der Waals surface area contributed by atoms with Crippen molar-refractivity contribution in [3.8, 4) is 0 Å². The Kier molecular flexibility index (Phi) is 0.571. The highest BCUT2D eigenvalue weighted by atomic mass is 16.6. The first-order valence-corrected chi connectivity index (χ1v) is 3.03. The van der Waals surface area contributed by atoms with Gasteiger partial charge in [-0.2, -0.15) is 0 Å². The number of fused-ring (bicyclic) bond motifs is 1. The molecule has 2 aliphatic rings. The Morgan fingerprint density at radius 3 is 2.43 bits per heavy atom. The van der Waals surface area contributed by atoms with Crippen LogP contribution in [0.1, 0.15) is 19.8 Å². The molecule has 3 atom stereocenters. The van der Waals surface area contributed by atoms with Crippen LogP contribution >= 0.6 is 0 Å². The highest BCUT2D eigenvalue weighted by Gasteiger charge is 2.47. The lowest BCUT2D eigenvalue weighted by Crippen LogP contribution is -1.95.